The van der Waals surface area contributed by atoms with Crippen LogP contribution in [0.1, 0.15) is 330 Å². The third-order valence-electron chi connectivity index (χ3n) is 14.5. The molecule has 0 unspecified atom stereocenters. The van der Waals surface area contributed by atoms with Crippen LogP contribution in [0.4, 0.5) is 0 Å². The highest BCUT2D eigenvalue weighted by Crippen LogP contribution is 2.22. The quantitative estimate of drug-likeness (QED) is 0.0458. The molecule has 0 aromatic carbocycles. The number of unbranched alkanes of at least 4 members (excludes halogenated alkanes) is 33. The summed E-state index contributed by atoms with van der Waals surface area (Å²) in [7, 11) is 0. The normalized spacial score (nSPS) is 11.4. The molecule has 0 atom stereocenters. The lowest BCUT2D eigenvalue weighted by atomic mass is 9.94. The van der Waals surface area contributed by atoms with Crippen molar-refractivity contribution in [3.63, 3.8) is 0 Å². The minimum absolute atomic E-state index is 0.0109. The summed E-state index contributed by atoms with van der Waals surface area (Å²) < 4.78 is 11.2. The second-order valence-corrected chi connectivity index (χ2v) is 21.4. The van der Waals surface area contributed by atoms with Crippen molar-refractivity contribution in [2.45, 2.75) is 330 Å². The van der Waals surface area contributed by atoms with Gasteiger partial charge in [-0.25, -0.2) is 0 Å². The number of aliphatic hydroxyl groups is 1. The second kappa shape index (κ2) is 59.9. The highest BCUT2D eigenvalue weighted by Gasteiger charge is 2.16. The van der Waals surface area contributed by atoms with Crippen LogP contribution < -0.4 is 0 Å². The maximum atomic E-state index is 12.5. The van der Waals surface area contributed by atoms with Gasteiger partial charge in [-0.05, 0) is 76.8 Å². The average Bonchev–Trinajstić information content (AvgIpc) is 3.35. The van der Waals surface area contributed by atoms with Crippen molar-refractivity contribution in [2.75, 3.05) is 39.5 Å². The maximum Gasteiger partial charge on any atom is 0.306 e. The first-order chi connectivity index (χ1) is 34.3. The molecule has 0 fully saturated rings. The maximum absolute atomic E-state index is 12.5. The Morgan fingerprint density at radius 2 is 0.686 bits per heavy atom. The standard InChI is InChI=1S/C44H87NO5.C18H36O2/c1-4-7-10-13-16-24-31-40-49-43(47)34-27-20-17-22-29-36-45(38-39-46)37-30-23-21-28-35-44(48)50-41-42(32-25-18-14-11-8-5-2)33-26-19-15-12-9-6-3;1-3-5-7-9-11-13-15-17(18(19)20)16-14-12-10-8-6-4-2/h42,46H,4-41H2,1-3H3;17H,3-16H2,1-2H3,(H,19,20). The number of carbonyl (C=O) groups is 3. The SMILES string of the molecule is CCCCCCCCC(CCCCCCCC)C(=O)O.CCCCCCCCCOC(=O)CCCCCCCN(CCO)CCCCCCC(=O)OCC(CCCCCCCC)CCCCCCCC. The fourth-order valence-corrected chi connectivity index (χ4v) is 9.64. The van der Waals surface area contributed by atoms with E-state index in [-0.39, 0.29) is 24.5 Å². The third-order valence-corrected chi connectivity index (χ3v) is 14.5. The number of carboxylic acid groups (broad SMARTS) is 1. The van der Waals surface area contributed by atoms with E-state index in [9.17, 15) is 24.6 Å². The topological polar surface area (TPSA) is 113 Å². The van der Waals surface area contributed by atoms with Crippen molar-refractivity contribution in [3.8, 4) is 0 Å². The summed E-state index contributed by atoms with van der Waals surface area (Å²) in [6.45, 7) is 15.4. The second-order valence-electron chi connectivity index (χ2n) is 21.4. The van der Waals surface area contributed by atoms with Gasteiger partial charge in [-0.1, -0.05) is 259 Å². The van der Waals surface area contributed by atoms with Crippen LogP contribution >= 0.6 is 0 Å². The summed E-state index contributed by atoms with van der Waals surface area (Å²) in [6, 6.07) is 0. The highest BCUT2D eigenvalue weighted by atomic mass is 16.5. The van der Waals surface area contributed by atoms with E-state index in [1.165, 1.54) is 193 Å². The van der Waals surface area contributed by atoms with Gasteiger partial charge in [0.1, 0.15) is 0 Å². The summed E-state index contributed by atoms with van der Waals surface area (Å²) in [5.41, 5.74) is 0. The Balaban J connectivity index is 0. The molecule has 0 aromatic heterocycles. The number of aliphatic carboxylic acids is 1. The zero-order chi connectivity index (χ0) is 51.6. The molecule has 0 amide bonds. The summed E-state index contributed by atoms with van der Waals surface area (Å²) >= 11 is 0. The van der Waals surface area contributed by atoms with Gasteiger partial charge in [0.05, 0.1) is 25.7 Å². The number of carbonyl (C=O) groups excluding carboxylic acids is 2. The van der Waals surface area contributed by atoms with Gasteiger partial charge < -0.3 is 24.6 Å². The molecular weight excluding hydrogens is 871 g/mol. The first kappa shape index (κ1) is 70.4. The van der Waals surface area contributed by atoms with Gasteiger partial charge in [0, 0.05) is 19.4 Å². The van der Waals surface area contributed by atoms with Gasteiger partial charge in [-0.2, -0.15) is 0 Å². The number of esters is 2. The van der Waals surface area contributed by atoms with E-state index in [2.05, 4.69) is 39.5 Å². The number of nitrogens with zero attached hydrogens (tertiary/aromatic N) is 1. The number of carboxylic acids is 1. The zero-order valence-corrected chi connectivity index (χ0v) is 47.8. The summed E-state index contributed by atoms with van der Waals surface area (Å²) in [4.78, 5) is 38.1. The van der Waals surface area contributed by atoms with Crippen LogP contribution in [0.15, 0.2) is 0 Å². The van der Waals surface area contributed by atoms with Crippen LogP contribution in [0.5, 0.6) is 0 Å². The predicted octanol–water partition coefficient (Wildman–Crippen LogP) is 18.7. The molecule has 8 heteroatoms. The molecule has 0 radical (unpaired) electrons. The monoisotopic (exact) mass is 994 g/mol. The van der Waals surface area contributed by atoms with Crippen molar-refractivity contribution >= 4 is 17.9 Å². The molecule has 0 spiro atoms. The van der Waals surface area contributed by atoms with Crippen molar-refractivity contribution < 1.29 is 34.1 Å². The molecule has 0 saturated carbocycles. The lowest BCUT2D eigenvalue weighted by molar-refractivity contribution is -0.145. The zero-order valence-electron chi connectivity index (χ0n) is 47.8. The molecule has 0 aliphatic heterocycles. The smallest absolute Gasteiger partial charge is 0.306 e. The van der Waals surface area contributed by atoms with Gasteiger partial charge in [0.15, 0.2) is 0 Å². The van der Waals surface area contributed by atoms with Crippen molar-refractivity contribution in [1.29, 1.82) is 0 Å². The number of hydrogen-bond acceptors (Lipinski definition) is 7. The van der Waals surface area contributed by atoms with E-state index in [0.717, 1.165) is 110 Å². The number of hydrogen-bond donors (Lipinski definition) is 2. The molecule has 0 bridgehead atoms. The van der Waals surface area contributed by atoms with Crippen molar-refractivity contribution in [1.82, 2.24) is 4.90 Å². The van der Waals surface area contributed by atoms with E-state index in [0.29, 0.717) is 32.0 Å². The van der Waals surface area contributed by atoms with E-state index < -0.39 is 5.97 Å². The van der Waals surface area contributed by atoms with Gasteiger partial charge >= 0.3 is 17.9 Å². The van der Waals surface area contributed by atoms with Gasteiger partial charge in [0.25, 0.3) is 0 Å². The van der Waals surface area contributed by atoms with Crippen LogP contribution in [0.2, 0.25) is 0 Å². The molecule has 0 aromatic rings. The number of aliphatic hydroxyl groups excluding tert-OH is 1. The van der Waals surface area contributed by atoms with E-state index in [1.807, 2.05) is 0 Å². The van der Waals surface area contributed by atoms with Crippen LogP contribution in [0, 0.1) is 11.8 Å². The number of ether oxygens (including phenoxy) is 2. The minimum atomic E-state index is -0.577. The molecule has 2 N–H and O–H groups in total. The Bertz CT molecular complexity index is 1020. The largest absolute Gasteiger partial charge is 0.481 e. The fourth-order valence-electron chi connectivity index (χ4n) is 9.64. The molecule has 70 heavy (non-hydrogen) atoms. The average molecular weight is 995 g/mol. The molecule has 0 saturated heterocycles. The first-order valence-corrected chi connectivity index (χ1v) is 31.2. The molecule has 418 valence electrons. The lowest BCUT2D eigenvalue weighted by Crippen LogP contribution is -2.29. The molecular formula is C62H123NO7. The van der Waals surface area contributed by atoms with Crippen molar-refractivity contribution in [3.05, 3.63) is 0 Å². The Labute approximate surface area is 436 Å². The minimum Gasteiger partial charge on any atom is -0.481 e. The van der Waals surface area contributed by atoms with E-state index >= 15 is 0 Å². The first-order valence-electron chi connectivity index (χ1n) is 31.2. The van der Waals surface area contributed by atoms with Gasteiger partial charge in [-0.15, -0.1) is 0 Å². The Hall–Kier alpha value is -1.67. The lowest BCUT2D eigenvalue weighted by Gasteiger charge is -2.21. The highest BCUT2D eigenvalue weighted by molar-refractivity contribution is 5.70. The van der Waals surface area contributed by atoms with Gasteiger partial charge in [0.2, 0.25) is 0 Å². The summed E-state index contributed by atoms with van der Waals surface area (Å²) in [5.74, 6) is -0.183. The molecule has 0 aliphatic carbocycles. The predicted molar refractivity (Wildman–Crippen MR) is 301 cm³/mol. The molecule has 8 nitrogen and oxygen atoms in total. The molecule has 0 heterocycles. The number of rotatable bonds is 56. The van der Waals surface area contributed by atoms with Crippen LogP contribution in [-0.4, -0.2) is 72.5 Å². The Morgan fingerprint density at radius 1 is 0.371 bits per heavy atom. The summed E-state index contributed by atoms with van der Waals surface area (Å²) in [5, 5.41) is 18.8. The third kappa shape index (κ3) is 55.6. The summed E-state index contributed by atoms with van der Waals surface area (Å²) in [6.07, 6.45) is 54.4. The van der Waals surface area contributed by atoms with Crippen LogP contribution in [0.3, 0.4) is 0 Å². The van der Waals surface area contributed by atoms with Crippen LogP contribution in [-0.2, 0) is 23.9 Å². The Morgan fingerprint density at radius 3 is 1.06 bits per heavy atom. The van der Waals surface area contributed by atoms with Crippen molar-refractivity contribution in [2.24, 2.45) is 11.8 Å². The fraction of sp³-hybridized carbons (Fsp3) is 0.952. The van der Waals surface area contributed by atoms with E-state index in [1.54, 1.807) is 0 Å². The molecule has 0 aliphatic rings. The van der Waals surface area contributed by atoms with Gasteiger partial charge in [-0.3, -0.25) is 14.4 Å². The van der Waals surface area contributed by atoms with Crippen LogP contribution in [0.25, 0.3) is 0 Å². The van der Waals surface area contributed by atoms with E-state index in [4.69, 9.17) is 9.47 Å². The molecule has 0 rings (SSSR count). The Kier molecular flexibility index (Phi) is 60.2.